The molecule has 0 fully saturated rings. The number of hydrogen-bond donors (Lipinski definition) is 2. The Kier molecular flexibility index (Phi) is 6.31. The lowest BCUT2D eigenvalue weighted by molar-refractivity contribution is 0.294. The summed E-state index contributed by atoms with van der Waals surface area (Å²) in [4.78, 5) is 18.9. The molecular weight excluding hydrogens is 419 g/mol. The Labute approximate surface area is 190 Å². The number of H-pyrrole nitrogens is 2. The van der Waals surface area contributed by atoms with E-state index >= 15 is 0 Å². The van der Waals surface area contributed by atoms with Crippen LogP contribution in [-0.2, 0) is 6.61 Å². The zero-order chi connectivity index (χ0) is 23.4. The van der Waals surface area contributed by atoms with E-state index in [4.69, 9.17) is 9.72 Å². The Hall–Kier alpha value is -4.26. The summed E-state index contributed by atoms with van der Waals surface area (Å²) < 4.78 is 19.0. The highest BCUT2D eigenvalue weighted by Crippen LogP contribution is 2.28. The topological polar surface area (TPSA) is 83.7 Å². The first-order valence-electron chi connectivity index (χ1n) is 10.4. The Balaban J connectivity index is 1.51. The normalized spacial score (nSPS) is 11.1. The Morgan fingerprint density at radius 3 is 2.64 bits per heavy atom. The molecule has 0 spiro atoms. The predicted molar refractivity (Wildman–Crippen MR) is 127 cm³/mol. The molecule has 0 saturated heterocycles. The van der Waals surface area contributed by atoms with Gasteiger partial charge in [-0.1, -0.05) is 36.9 Å². The minimum atomic E-state index is -0.512. The molecule has 1 aromatic carbocycles. The number of aryl methyl sites for hydroxylation is 2. The molecule has 3 heterocycles. The number of halogens is 1. The van der Waals surface area contributed by atoms with Gasteiger partial charge in [0.2, 0.25) is 11.4 Å². The maximum absolute atomic E-state index is 13.0. The maximum Gasteiger partial charge on any atom is 0.248 e. The number of nitrogens with one attached hydrogen (secondary N) is 2. The third-order valence-electron chi connectivity index (χ3n) is 5.17. The summed E-state index contributed by atoms with van der Waals surface area (Å²) in [5.74, 6) is -0.0197. The number of benzene rings is 1. The quantitative estimate of drug-likeness (QED) is 0.369. The highest BCUT2D eigenvalue weighted by atomic mass is 19.1. The van der Waals surface area contributed by atoms with E-state index < -0.39 is 5.83 Å². The van der Waals surface area contributed by atoms with E-state index in [1.54, 1.807) is 24.5 Å². The van der Waals surface area contributed by atoms with Crippen LogP contribution < -0.4 is 10.3 Å². The summed E-state index contributed by atoms with van der Waals surface area (Å²) in [6.45, 7) is 7.53. The minimum absolute atomic E-state index is 0.191. The maximum atomic E-state index is 13.0. The van der Waals surface area contributed by atoms with Crippen LogP contribution >= 0.6 is 0 Å². The molecule has 0 radical (unpaired) electrons. The lowest BCUT2D eigenvalue weighted by Gasteiger charge is -2.11. The molecule has 0 aliphatic rings. The first kappa shape index (κ1) is 22.0. The molecule has 7 heteroatoms. The van der Waals surface area contributed by atoms with E-state index in [0.717, 1.165) is 33.5 Å². The first-order valence-corrected chi connectivity index (χ1v) is 10.4. The van der Waals surface area contributed by atoms with Crippen LogP contribution in [-0.4, -0.2) is 20.2 Å². The van der Waals surface area contributed by atoms with Gasteiger partial charge in [-0.15, -0.1) is 0 Å². The summed E-state index contributed by atoms with van der Waals surface area (Å²) in [6, 6.07) is 13.2. The van der Waals surface area contributed by atoms with Gasteiger partial charge < -0.3 is 9.72 Å². The number of aromatic amines is 2. The fourth-order valence-corrected chi connectivity index (χ4v) is 3.51. The smallest absolute Gasteiger partial charge is 0.248 e. The van der Waals surface area contributed by atoms with Crippen molar-refractivity contribution >= 4 is 6.08 Å². The predicted octanol–water partition coefficient (Wildman–Crippen LogP) is 5.52. The average molecular weight is 442 g/mol. The van der Waals surface area contributed by atoms with Crippen molar-refractivity contribution in [2.75, 3.05) is 0 Å². The number of hydrogen-bond acceptors (Lipinski definition) is 4. The van der Waals surface area contributed by atoms with E-state index in [0.29, 0.717) is 23.7 Å². The molecule has 0 atom stereocenters. The summed E-state index contributed by atoms with van der Waals surface area (Å²) in [7, 11) is 0. The standard InChI is InChI=1S/C26H23FN4O2/c1-16-12-17(2)25(30-23(16)9-4-18(3)27)20-7-5-19(6-8-20)15-33-26-22(14-29-31-26)21-10-11-28-24(32)13-21/h4-14H,3,15H2,1-2H3,(H,28,32)(H,29,31)/b9-4-. The van der Waals surface area contributed by atoms with E-state index in [9.17, 15) is 9.18 Å². The van der Waals surface area contributed by atoms with Crippen LogP contribution in [0.25, 0.3) is 28.5 Å². The molecule has 0 aliphatic carbocycles. The monoisotopic (exact) mass is 442 g/mol. The summed E-state index contributed by atoms with van der Waals surface area (Å²) in [5, 5.41) is 6.88. The van der Waals surface area contributed by atoms with Crippen LogP contribution in [0, 0.1) is 13.8 Å². The van der Waals surface area contributed by atoms with Crippen molar-refractivity contribution in [1.29, 1.82) is 0 Å². The Morgan fingerprint density at radius 2 is 1.91 bits per heavy atom. The van der Waals surface area contributed by atoms with E-state index in [1.165, 1.54) is 12.1 Å². The molecule has 0 saturated carbocycles. The van der Waals surface area contributed by atoms with Crippen molar-refractivity contribution in [2.45, 2.75) is 20.5 Å². The average Bonchev–Trinajstić information content (AvgIpc) is 3.26. The second-order valence-corrected chi connectivity index (χ2v) is 7.68. The van der Waals surface area contributed by atoms with Crippen molar-refractivity contribution in [2.24, 2.45) is 0 Å². The molecule has 3 aromatic heterocycles. The zero-order valence-electron chi connectivity index (χ0n) is 18.4. The van der Waals surface area contributed by atoms with Gasteiger partial charge in [0.1, 0.15) is 12.4 Å². The summed E-state index contributed by atoms with van der Waals surface area (Å²) in [5.41, 5.74) is 6.70. The van der Waals surface area contributed by atoms with Crippen molar-refractivity contribution in [3.63, 3.8) is 0 Å². The Bertz CT molecular complexity index is 1380. The number of aromatic nitrogens is 4. The SMILES string of the molecule is C=C(F)/C=C\c1nc(-c2ccc(COc3[nH]ncc3-c3cc[nH]c(=O)c3)cc2)c(C)cc1C. The summed E-state index contributed by atoms with van der Waals surface area (Å²) >= 11 is 0. The molecule has 33 heavy (non-hydrogen) atoms. The number of rotatable bonds is 7. The largest absolute Gasteiger partial charge is 0.473 e. The van der Waals surface area contributed by atoms with Gasteiger partial charge in [0.05, 0.1) is 23.1 Å². The van der Waals surface area contributed by atoms with Gasteiger partial charge in [0.15, 0.2) is 0 Å². The second kappa shape index (κ2) is 9.48. The van der Waals surface area contributed by atoms with Gasteiger partial charge in [-0.2, -0.15) is 5.10 Å². The van der Waals surface area contributed by atoms with Crippen LogP contribution in [0.5, 0.6) is 5.88 Å². The van der Waals surface area contributed by atoms with Crippen molar-refractivity contribution in [3.05, 3.63) is 106 Å². The van der Waals surface area contributed by atoms with Crippen molar-refractivity contribution < 1.29 is 9.13 Å². The highest BCUT2D eigenvalue weighted by molar-refractivity contribution is 5.68. The third kappa shape index (κ3) is 5.15. The Morgan fingerprint density at radius 1 is 1.12 bits per heavy atom. The molecule has 6 nitrogen and oxygen atoms in total. The van der Waals surface area contributed by atoms with Crippen molar-refractivity contribution in [1.82, 2.24) is 20.2 Å². The fourth-order valence-electron chi connectivity index (χ4n) is 3.51. The zero-order valence-corrected chi connectivity index (χ0v) is 18.4. The van der Waals surface area contributed by atoms with Gasteiger partial charge in [-0.3, -0.25) is 4.79 Å². The van der Waals surface area contributed by atoms with Gasteiger partial charge in [0.25, 0.3) is 0 Å². The molecular formula is C26H23FN4O2. The molecule has 0 amide bonds. The lowest BCUT2D eigenvalue weighted by Crippen LogP contribution is -2.02. The summed E-state index contributed by atoms with van der Waals surface area (Å²) in [6.07, 6.45) is 6.15. The van der Waals surface area contributed by atoms with Gasteiger partial charge in [0, 0.05) is 17.8 Å². The van der Waals surface area contributed by atoms with Crippen LogP contribution in [0.3, 0.4) is 0 Å². The fraction of sp³-hybridized carbons (Fsp3) is 0.115. The molecule has 2 N–H and O–H groups in total. The highest BCUT2D eigenvalue weighted by Gasteiger charge is 2.11. The van der Waals surface area contributed by atoms with Crippen LogP contribution in [0.2, 0.25) is 0 Å². The minimum Gasteiger partial charge on any atom is -0.473 e. The molecule has 4 rings (SSSR count). The number of allylic oxidation sites excluding steroid dienone is 2. The van der Waals surface area contributed by atoms with Crippen molar-refractivity contribution in [3.8, 4) is 28.3 Å². The van der Waals surface area contributed by atoms with Crippen LogP contribution in [0.15, 0.2) is 78.1 Å². The van der Waals surface area contributed by atoms with Crippen LogP contribution in [0.4, 0.5) is 4.39 Å². The van der Waals surface area contributed by atoms with E-state index in [1.807, 2.05) is 44.2 Å². The number of nitrogens with zero attached hydrogens (tertiary/aromatic N) is 2. The molecule has 0 bridgehead atoms. The van der Waals surface area contributed by atoms with Gasteiger partial charge >= 0.3 is 0 Å². The molecule has 0 unspecified atom stereocenters. The first-order chi connectivity index (χ1) is 15.9. The van der Waals surface area contributed by atoms with Gasteiger partial charge in [-0.25, -0.2) is 14.5 Å². The third-order valence-corrected chi connectivity index (χ3v) is 5.17. The van der Waals surface area contributed by atoms with Crippen LogP contribution in [0.1, 0.15) is 22.4 Å². The molecule has 0 aliphatic heterocycles. The second-order valence-electron chi connectivity index (χ2n) is 7.68. The molecule has 4 aromatic rings. The lowest BCUT2D eigenvalue weighted by atomic mass is 10.0. The number of ether oxygens (including phenoxy) is 1. The van der Waals surface area contributed by atoms with E-state index in [2.05, 4.69) is 21.8 Å². The van der Waals surface area contributed by atoms with E-state index in [-0.39, 0.29) is 5.56 Å². The number of pyridine rings is 2. The van der Waals surface area contributed by atoms with Gasteiger partial charge in [-0.05, 0) is 54.3 Å². The molecule has 166 valence electrons.